The number of hydrogen-bond donors (Lipinski definition) is 1. The fourth-order valence-electron chi connectivity index (χ4n) is 1.75. The van der Waals surface area contributed by atoms with Crippen molar-refractivity contribution in [2.45, 2.75) is 44.8 Å². The van der Waals surface area contributed by atoms with E-state index in [4.69, 9.17) is 9.26 Å². The third-order valence-corrected chi connectivity index (χ3v) is 2.83. The van der Waals surface area contributed by atoms with Crippen LogP contribution in [0.25, 0.3) is 0 Å². The van der Waals surface area contributed by atoms with Gasteiger partial charge in [-0.25, -0.2) is 0 Å². The summed E-state index contributed by atoms with van der Waals surface area (Å²) in [7, 11) is 1.73. The van der Waals surface area contributed by atoms with Gasteiger partial charge in [-0.2, -0.15) is 4.98 Å². The molecule has 5 heteroatoms. The molecule has 1 saturated heterocycles. The van der Waals surface area contributed by atoms with Gasteiger partial charge in [0.2, 0.25) is 5.89 Å². The Hall–Kier alpha value is -0.940. The summed E-state index contributed by atoms with van der Waals surface area (Å²) in [5, 5.41) is 7.33. The monoisotopic (exact) mass is 225 g/mol. The highest BCUT2D eigenvalue weighted by Gasteiger charge is 2.31. The summed E-state index contributed by atoms with van der Waals surface area (Å²) in [5.74, 6) is 1.43. The minimum atomic E-state index is -0.0684. The van der Waals surface area contributed by atoms with Gasteiger partial charge in [-0.05, 0) is 6.42 Å². The highest BCUT2D eigenvalue weighted by atomic mass is 16.5. The summed E-state index contributed by atoms with van der Waals surface area (Å²) in [5.41, 5.74) is -0.0684. The normalized spacial score (nSPS) is 26.2. The summed E-state index contributed by atoms with van der Waals surface area (Å²) in [6.45, 7) is 7.05. The molecule has 0 saturated carbocycles. The van der Waals surface area contributed by atoms with Gasteiger partial charge in [0.1, 0.15) is 0 Å². The Bertz CT molecular complexity index is 356. The number of methoxy groups -OCH3 is 1. The maximum absolute atomic E-state index is 5.29. The van der Waals surface area contributed by atoms with E-state index >= 15 is 0 Å². The first-order valence-corrected chi connectivity index (χ1v) is 5.61. The fraction of sp³-hybridized carbons (Fsp3) is 0.818. The number of nitrogens with one attached hydrogen (secondary N) is 1. The first-order chi connectivity index (χ1) is 7.50. The molecule has 1 aromatic rings. The Kier molecular flexibility index (Phi) is 2.99. The summed E-state index contributed by atoms with van der Waals surface area (Å²) in [6.07, 6.45) is 1.14. The Morgan fingerprint density at radius 3 is 2.69 bits per heavy atom. The lowest BCUT2D eigenvalue weighted by Gasteiger charge is -2.11. The predicted octanol–water partition coefficient (Wildman–Crippen LogP) is 1.42. The standard InChI is InChI=1S/C11H19N3O2/c1-11(2,3)10-13-9(16-14-10)8-5-7(15-4)6-12-8/h7-8,12H,5-6H2,1-4H3. The van der Waals surface area contributed by atoms with Gasteiger partial charge in [0.05, 0.1) is 12.1 Å². The van der Waals surface area contributed by atoms with Crippen molar-refractivity contribution in [1.82, 2.24) is 15.5 Å². The van der Waals surface area contributed by atoms with Gasteiger partial charge in [0.15, 0.2) is 5.82 Å². The van der Waals surface area contributed by atoms with Crippen molar-refractivity contribution in [3.63, 3.8) is 0 Å². The highest BCUT2D eigenvalue weighted by Crippen LogP contribution is 2.26. The van der Waals surface area contributed by atoms with Crippen molar-refractivity contribution >= 4 is 0 Å². The molecule has 1 aliphatic heterocycles. The minimum Gasteiger partial charge on any atom is -0.380 e. The molecule has 1 aliphatic rings. The lowest BCUT2D eigenvalue weighted by Crippen LogP contribution is -2.17. The molecule has 0 radical (unpaired) electrons. The van der Waals surface area contributed by atoms with Crippen molar-refractivity contribution in [3.05, 3.63) is 11.7 Å². The van der Waals surface area contributed by atoms with E-state index in [1.807, 2.05) is 0 Å². The van der Waals surface area contributed by atoms with Crippen LogP contribution in [-0.2, 0) is 10.2 Å². The van der Waals surface area contributed by atoms with E-state index in [1.54, 1.807) is 7.11 Å². The van der Waals surface area contributed by atoms with Crippen molar-refractivity contribution in [3.8, 4) is 0 Å². The van der Waals surface area contributed by atoms with Crippen LogP contribution in [0.4, 0.5) is 0 Å². The molecule has 0 bridgehead atoms. The van der Waals surface area contributed by atoms with Crippen LogP contribution in [0.15, 0.2) is 4.52 Å². The van der Waals surface area contributed by atoms with Crippen LogP contribution < -0.4 is 5.32 Å². The van der Waals surface area contributed by atoms with E-state index in [1.165, 1.54) is 0 Å². The maximum atomic E-state index is 5.29. The first kappa shape index (κ1) is 11.5. The number of ether oxygens (including phenoxy) is 1. The van der Waals surface area contributed by atoms with Crippen LogP contribution in [0.1, 0.15) is 44.9 Å². The van der Waals surface area contributed by atoms with Crippen molar-refractivity contribution < 1.29 is 9.26 Å². The van der Waals surface area contributed by atoms with Crippen LogP contribution in [0.2, 0.25) is 0 Å². The molecule has 0 amide bonds. The molecular weight excluding hydrogens is 206 g/mol. The molecule has 16 heavy (non-hydrogen) atoms. The molecule has 2 heterocycles. The zero-order valence-corrected chi connectivity index (χ0v) is 10.3. The van der Waals surface area contributed by atoms with E-state index < -0.39 is 0 Å². The minimum absolute atomic E-state index is 0.0684. The van der Waals surface area contributed by atoms with E-state index in [0.29, 0.717) is 5.89 Å². The second-order valence-corrected chi connectivity index (χ2v) is 5.26. The number of nitrogens with zero attached hydrogens (tertiary/aromatic N) is 2. The van der Waals surface area contributed by atoms with Gasteiger partial charge < -0.3 is 14.6 Å². The second-order valence-electron chi connectivity index (χ2n) is 5.26. The largest absolute Gasteiger partial charge is 0.380 e. The maximum Gasteiger partial charge on any atom is 0.243 e. The second kappa shape index (κ2) is 4.14. The fourth-order valence-corrected chi connectivity index (χ4v) is 1.75. The van der Waals surface area contributed by atoms with Crippen molar-refractivity contribution in [2.24, 2.45) is 0 Å². The number of rotatable bonds is 2. The Balaban J connectivity index is 2.08. The van der Waals surface area contributed by atoms with E-state index in [9.17, 15) is 0 Å². The molecule has 1 N–H and O–H groups in total. The molecule has 0 aromatic carbocycles. The van der Waals surface area contributed by atoms with Gasteiger partial charge in [-0.15, -0.1) is 0 Å². The zero-order chi connectivity index (χ0) is 11.8. The molecule has 90 valence electrons. The molecule has 0 spiro atoms. The highest BCUT2D eigenvalue weighted by molar-refractivity contribution is 5.03. The summed E-state index contributed by atoms with van der Waals surface area (Å²) in [6, 6.07) is 0.133. The summed E-state index contributed by atoms with van der Waals surface area (Å²) < 4.78 is 10.6. The van der Waals surface area contributed by atoms with Crippen LogP contribution in [0, 0.1) is 0 Å². The molecule has 2 unspecified atom stereocenters. The molecule has 2 rings (SSSR count). The number of hydrogen-bond acceptors (Lipinski definition) is 5. The molecule has 2 atom stereocenters. The van der Waals surface area contributed by atoms with Crippen LogP contribution in [0.5, 0.6) is 0 Å². The van der Waals surface area contributed by atoms with E-state index in [0.717, 1.165) is 18.8 Å². The first-order valence-electron chi connectivity index (χ1n) is 5.61. The number of aromatic nitrogens is 2. The molecular formula is C11H19N3O2. The molecule has 0 aliphatic carbocycles. The molecule has 1 aromatic heterocycles. The quantitative estimate of drug-likeness (QED) is 0.824. The Morgan fingerprint density at radius 1 is 1.44 bits per heavy atom. The average molecular weight is 225 g/mol. The summed E-state index contributed by atoms with van der Waals surface area (Å²) >= 11 is 0. The van der Waals surface area contributed by atoms with Crippen molar-refractivity contribution in [2.75, 3.05) is 13.7 Å². The average Bonchev–Trinajstić information content (AvgIpc) is 2.85. The Morgan fingerprint density at radius 2 is 2.19 bits per heavy atom. The van der Waals surface area contributed by atoms with E-state index in [2.05, 4.69) is 36.2 Å². The third kappa shape index (κ3) is 2.25. The van der Waals surface area contributed by atoms with Gasteiger partial charge in [0.25, 0.3) is 0 Å². The predicted molar refractivity (Wildman–Crippen MR) is 59.2 cm³/mol. The van der Waals surface area contributed by atoms with Crippen LogP contribution in [0.3, 0.4) is 0 Å². The van der Waals surface area contributed by atoms with Crippen molar-refractivity contribution in [1.29, 1.82) is 0 Å². The SMILES string of the molecule is COC1CNC(c2nc(C(C)(C)C)no2)C1. The Labute approximate surface area is 95.6 Å². The molecule has 1 fully saturated rings. The smallest absolute Gasteiger partial charge is 0.243 e. The molecule has 5 nitrogen and oxygen atoms in total. The van der Waals surface area contributed by atoms with E-state index in [-0.39, 0.29) is 17.6 Å². The van der Waals surface area contributed by atoms with Gasteiger partial charge in [-0.3, -0.25) is 0 Å². The summed E-state index contributed by atoms with van der Waals surface area (Å²) in [4.78, 5) is 4.44. The van der Waals surface area contributed by atoms with Crippen LogP contribution >= 0.6 is 0 Å². The van der Waals surface area contributed by atoms with Gasteiger partial charge in [0, 0.05) is 19.1 Å². The van der Waals surface area contributed by atoms with Gasteiger partial charge >= 0.3 is 0 Å². The van der Waals surface area contributed by atoms with Gasteiger partial charge in [-0.1, -0.05) is 25.9 Å². The third-order valence-electron chi connectivity index (χ3n) is 2.83. The zero-order valence-electron chi connectivity index (χ0n) is 10.3. The topological polar surface area (TPSA) is 60.2 Å². The van der Waals surface area contributed by atoms with Crippen LogP contribution in [-0.4, -0.2) is 29.9 Å². The lowest BCUT2D eigenvalue weighted by atomic mass is 9.96. The lowest BCUT2D eigenvalue weighted by molar-refractivity contribution is 0.116.